The van der Waals surface area contributed by atoms with Crippen LogP contribution in [-0.4, -0.2) is 50.1 Å². The molecule has 0 radical (unpaired) electrons. The van der Waals surface area contributed by atoms with Crippen molar-refractivity contribution in [2.24, 2.45) is 7.05 Å². The van der Waals surface area contributed by atoms with Crippen molar-refractivity contribution in [3.8, 4) is 0 Å². The Balaban J connectivity index is 1.39. The molecule has 1 unspecified atom stereocenters. The number of hydrogen-bond donors (Lipinski definition) is 3. The summed E-state index contributed by atoms with van der Waals surface area (Å²) in [5.74, 6) is 1.06. The van der Waals surface area contributed by atoms with E-state index in [9.17, 15) is 4.79 Å². The zero-order valence-electron chi connectivity index (χ0n) is 17.1. The van der Waals surface area contributed by atoms with Crippen LogP contribution < -0.4 is 10.6 Å². The Kier molecular flexibility index (Phi) is 4.99. The van der Waals surface area contributed by atoms with Crippen molar-refractivity contribution < 1.29 is 9.53 Å². The van der Waals surface area contributed by atoms with Gasteiger partial charge in [0.25, 0.3) is 0 Å². The first-order valence-corrected chi connectivity index (χ1v) is 10.5. The fraction of sp³-hybridized carbons (Fsp3) is 0.333. The van der Waals surface area contributed by atoms with Gasteiger partial charge in [-0.05, 0) is 25.0 Å². The van der Waals surface area contributed by atoms with Crippen molar-refractivity contribution in [1.82, 2.24) is 30.3 Å². The van der Waals surface area contributed by atoms with Gasteiger partial charge in [0, 0.05) is 43.2 Å². The molecule has 160 valence electrons. The lowest BCUT2D eigenvalue weighted by Gasteiger charge is -2.22. The van der Waals surface area contributed by atoms with Gasteiger partial charge < -0.3 is 15.4 Å². The first kappa shape index (κ1) is 19.8. The van der Waals surface area contributed by atoms with E-state index in [-0.39, 0.29) is 12.0 Å². The number of ether oxygens (including phenoxy) is 1. The van der Waals surface area contributed by atoms with Crippen molar-refractivity contribution in [2.45, 2.75) is 31.4 Å². The summed E-state index contributed by atoms with van der Waals surface area (Å²) in [5.41, 5.74) is 3.10. The summed E-state index contributed by atoms with van der Waals surface area (Å²) in [4.78, 5) is 17.1. The lowest BCUT2D eigenvalue weighted by atomic mass is 9.94. The Morgan fingerprint density at radius 2 is 2.16 bits per heavy atom. The second kappa shape index (κ2) is 7.82. The summed E-state index contributed by atoms with van der Waals surface area (Å²) in [5, 5.41) is 19.1. The van der Waals surface area contributed by atoms with Crippen molar-refractivity contribution in [3.05, 3.63) is 46.9 Å². The predicted molar refractivity (Wildman–Crippen MR) is 118 cm³/mol. The van der Waals surface area contributed by atoms with Gasteiger partial charge in [-0.3, -0.25) is 9.89 Å². The monoisotopic (exact) mass is 439 g/mol. The zero-order chi connectivity index (χ0) is 21.5. The number of rotatable bonds is 6. The summed E-state index contributed by atoms with van der Waals surface area (Å²) in [7, 11) is 3.42. The molecule has 5 rings (SSSR count). The molecule has 1 saturated carbocycles. The van der Waals surface area contributed by atoms with Gasteiger partial charge >= 0.3 is 0 Å². The Morgan fingerprint density at radius 3 is 2.94 bits per heavy atom. The first-order chi connectivity index (χ1) is 15.0. The van der Waals surface area contributed by atoms with Gasteiger partial charge in [-0.25, -0.2) is 4.68 Å². The Bertz CT molecular complexity index is 1220. The molecule has 2 aromatic heterocycles. The van der Waals surface area contributed by atoms with Crippen molar-refractivity contribution in [3.63, 3.8) is 0 Å². The molecule has 3 aromatic rings. The molecule has 2 aliphatic rings. The van der Waals surface area contributed by atoms with Gasteiger partial charge in [0.15, 0.2) is 5.82 Å². The average Bonchev–Trinajstić information content (AvgIpc) is 3.31. The number of methoxy groups -OCH3 is 1. The van der Waals surface area contributed by atoms with Gasteiger partial charge in [-0.1, -0.05) is 23.8 Å². The van der Waals surface area contributed by atoms with Crippen molar-refractivity contribution in [1.29, 1.82) is 0 Å². The van der Waals surface area contributed by atoms with Gasteiger partial charge in [-0.15, -0.1) is 5.10 Å². The van der Waals surface area contributed by atoms with E-state index in [2.05, 4.69) is 30.9 Å². The number of H-pyrrole nitrogens is 1. The molecule has 3 N–H and O–H groups in total. The maximum Gasteiger partial charge on any atom is 0.250 e. The fourth-order valence-corrected chi connectivity index (χ4v) is 3.86. The molecule has 1 amide bonds. The molecule has 2 aliphatic carbocycles. The van der Waals surface area contributed by atoms with Crippen molar-refractivity contribution in [2.75, 3.05) is 12.4 Å². The minimum absolute atomic E-state index is 0.0646. The van der Waals surface area contributed by atoms with Crippen LogP contribution in [0.25, 0.3) is 16.5 Å². The standard InChI is InChI=1S/C21H22ClN7O2/c1-29-21(25-16-8-7-15-14(18(16)22)10-23-27-15)26-19(28-29)11-3-6-13(17(9-11)31-2)20(30)24-12-4-5-12/h3,6-8,10,12,17H,4-5,9H2,1-2H3,(H,23,27)(H,24,30)(H,25,26,28). The van der Waals surface area contributed by atoms with E-state index >= 15 is 0 Å². The second-order valence-electron chi connectivity index (χ2n) is 7.76. The number of allylic oxidation sites excluding steroid dienone is 2. The van der Waals surface area contributed by atoms with Crippen molar-refractivity contribution >= 4 is 45.6 Å². The van der Waals surface area contributed by atoms with E-state index in [4.69, 9.17) is 16.3 Å². The second-order valence-corrected chi connectivity index (χ2v) is 8.13. The van der Waals surface area contributed by atoms with E-state index in [0.717, 1.165) is 29.3 Å². The van der Waals surface area contributed by atoms with E-state index in [1.165, 1.54) is 0 Å². The molecule has 0 spiro atoms. The minimum atomic E-state index is -0.336. The van der Waals surface area contributed by atoms with Gasteiger partial charge in [0.2, 0.25) is 11.9 Å². The number of aromatic nitrogens is 5. The SMILES string of the molecule is COC1CC(c2nc(Nc3ccc4[nH]ncc4c3Cl)n(C)n2)=CC=C1C(=O)NC1CC1. The van der Waals surface area contributed by atoms with Gasteiger partial charge in [0.05, 0.1) is 28.5 Å². The molecule has 9 nitrogen and oxygen atoms in total. The molecule has 31 heavy (non-hydrogen) atoms. The number of nitrogens with zero attached hydrogens (tertiary/aromatic N) is 4. The summed E-state index contributed by atoms with van der Waals surface area (Å²) in [6, 6.07) is 4.07. The number of carbonyl (C=O) groups is 1. The summed E-state index contributed by atoms with van der Waals surface area (Å²) in [6.07, 6.45) is 7.65. The van der Waals surface area contributed by atoms with E-state index in [0.29, 0.717) is 40.5 Å². The smallest absolute Gasteiger partial charge is 0.250 e. The largest absolute Gasteiger partial charge is 0.376 e. The highest BCUT2D eigenvalue weighted by Gasteiger charge is 2.30. The molecular weight excluding hydrogens is 418 g/mol. The molecule has 1 atom stereocenters. The lowest BCUT2D eigenvalue weighted by molar-refractivity contribution is -0.118. The highest BCUT2D eigenvalue weighted by Crippen LogP contribution is 2.33. The third-order valence-electron chi connectivity index (χ3n) is 5.53. The summed E-state index contributed by atoms with van der Waals surface area (Å²) in [6.45, 7) is 0. The third kappa shape index (κ3) is 3.82. The molecule has 1 aromatic carbocycles. The number of benzene rings is 1. The molecule has 2 heterocycles. The molecule has 0 saturated heterocycles. The summed E-state index contributed by atoms with van der Waals surface area (Å²) >= 11 is 6.51. The summed E-state index contributed by atoms with van der Waals surface area (Å²) < 4.78 is 7.25. The van der Waals surface area contributed by atoms with Crippen LogP contribution in [0.2, 0.25) is 5.02 Å². The highest BCUT2D eigenvalue weighted by atomic mass is 35.5. The van der Waals surface area contributed by atoms with Crippen LogP contribution in [0.15, 0.2) is 36.1 Å². The highest BCUT2D eigenvalue weighted by molar-refractivity contribution is 6.38. The molecule has 1 fully saturated rings. The number of carbonyl (C=O) groups excluding carboxylic acids is 1. The lowest BCUT2D eigenvalue weighted by Crippen LogP contribution is -2.33. The van der Waals surface area contributed by atoms with Crippen LogP contribution in [0.3, 0.4) is 0 Å². The van der Waals surface area contributed by atoms with E-state index in [1.54, 1.807) is 24.1 Å². The normalized spacial score (nSPS) is 18.6. The number of aromatic amines is 1. The van der Waals surface area contributed by atoms with Crippen LogP contribution in [0.1, 0.15) is 25.1 Å². The van der Waals surface area contributed by atoms with Crippen LogP contribution in [0, 0.1) is 0 Å². The minimum Gasteiger partial charge on any atom is -0.376 e. The fourth-order valence-electron chi connectivity index (χ4n) is 3.60. The molecule has 0 aliphatic heterocycles. The third-order valence-corrected chi connectivity index (χ3v) is 5.94. The number of amides is 1. The first-order valence-electron chi connectivity index (χ1n) is 10.1. The van der Waals surface area contributed by atoms with Gasteiger partial charge in [0.1, 0.15) is 0 Å². The predicted octanol–water partition coefficient (Wildman–Crippen LogP) is 3.10. The number of aryl methyl sites for hydroxylation is 1. The Morgan fingerprint density at radius 1 is 1.32 bits per heavy atom. The number of nitrogens with one attached hydrogen (secondary N) is 3. The quantitative estimate of drug-likeness (QED) is 0.544. The van der Waals surface area contributed by atoms with Crippen LogP contribution >= 0.6 is 11.6 Å². The van der Waals surface area contributed by atoms with Gasteiger partial charge in [-0.2, -0.15) is 10.1 Å². The molecule has 10 heteroatoms. The van der Waals surface area contributed by atoms with E-state index in [1.807, 2.05) is 25.3 Å². The Labute approximate surface area is 183 Å². The number of hydrogen-bond acceptors (Lipinski definition) is 6. The van der Waals surface area contributed by atoms with Crippen LogP contribution in [0.5, 0.6) is 0 Å². The maximum atomic E-state index is 12.5. The Hall–Kier alpha value is -3.17. The number of halogens is 1. The van der Waals surface area contributed by atoms with Crippen LogP contribution in [-0.2, 0) is 16.6 Å². The number of anilines is 2. The molecule has 0 bridgehead atoms. The molecular formula is C21H22ClN7O2. The topological polar surface area (TPSA) is 110 Å². The number of fused-ring (bicyclic) bond motifs is 1. The average molecular weight is 440 g/mol. The zero-order valence-corrected chi connectivity index (χ0v) is 17.9. The van der Waals surface area contributed by atoms with E-state index < -0.39 is 0 Å². The maximum absolute atomic E-state index is 12.5. The van der Waals surface area contributed by atoms with Crippen LogP contribution in [0.4, 0.5) is 11.6 Å².